The molecule has 2 N–H and O–H groups in total. The lowest BCUT2D eigenvalue weighted by Gasteiger charge is -2.14. The molecule has 1 amide bonds. The largest absolute Gasteiger partial charge is 0.484 e. The number of rotatable bonds is 6. The van der Waals surface area contributed by atoms with E-state index in [1.807, 2.05) is 12.1 Å². The van der Waals surface area contributed by atoms with E-state index in [0.717, 1.165) is 15.7 Å². The Morgan fingerprint density at radius 1 is 1.20 bits per heavy atom. The zero-order chi connectivity index (χ0) is 18.4. The molecule has 1 unspecified atom stereocenters. The minimum atomic E-state index is -4.49. The Morgan fingerprint density at radius 2 is 1.88 bits per heavy atom. The summed E-state index contributed by atoms with van der Waals surface area (Å²) in [5.41, 5.74) is -0.772. The highest BCUT2D eigenvalue weighted by atomic mass is 127. The molecule has 8 heteroatoms. The number of alkyl halides is 3. The summed E-state index contributed by atoms with van der Waals surface area (Å²) in [5.74, 6) is 0.0403. The van der Waals surface area contributed by atoms with Gasteiger partial charge in [-0.2, -0.15) is 13.2 Å². The van der Waals surface area contributed by atoms with Crippen LogP contribution in [0.1, 0.15) is 17.2 Å². The van der Waals surface area contributed by atoms with Crippen molar-refractivity contribution in [2.75, 3.05) is 13.2 Å². The average molecular weight is 465 g/mol. The summed E-state index contributed by atoms with van der Waals surface area (Å²) in [7, 11) is 0. The Bertz CT molecular complexity index is 720. The summed E-state index contributed by atoms with van der Waals surface area (Å²) in [5, 5.41) is 12.4. The van der Waals surface area contributed by atoms with Crippen LogP contribution in [-0.4, -0.2) is 24.2 Å². The average Bonchev–Trinajstić information content (AvgIpc) is 2.58. The van der Waals surface area contributed by atoms with E-state index in [1.54, 1.807) is 12.1 Å². The number of amides is 1. The SMILES string of the molecule is O=C(COc1ccc(I)cc1)NCC(O)c1cccc(C(F)(F)F)c1. The van der Waals surface area contributed by atoms with Crippen LogP contribution >= 0.6 is 22.6 Å². The van der Waals surface area contributed by atoms with Gasteiger partial charge in [0.05, 0.1) is 11.7 Å². The van der Waals surface area contributed by atoms with Gasteiger partial charge in [-0.15, -0.1) is 0 Å². The van der Waals surface area contributed by atoms with Gasteiger partial charge >= 0.3 is 6.18 Å². The predicted octanol–water partition coefficient (Wildman–Crippen LogP) is 3.54. The maximum Gasteiger partial charge on any atom is 0.416 e. The number of aliphatic hydroxyl groups excluding tert-OH is 1. The zero-order valence-corrected chi connectivity index (χ0v) is 15.0. The first-order valence-electron chi connectivity index (χ1n) is 7.26. The first-order chi connectivity index (χ1) is 11.8. The molecule has 0 saturated heterocycles. The molecule has 0 bridgehead atoms. The number of ether oxygens (including phenoxy) is 1. The number of hydrogen-bond acceptors (Lipinski definition) is 3. The highest BCUT2D eigenvalue weighted by Gasteiger charge is 2.30. The van der Waals surface area contributed by atoms with Crippen LogP contribution in [-0.2, 0) is 11.0 Å². The molecule has 134 valence electrons. The third-order valence-corrected chi connectivity index (χ3v) is 3.99. The Labute approximate surface area is 156 Å². The zero-order valence-electron chi connectivity index (χ0n) is 12.9. The van der Waals surface area contributed by atoms with Crippen molar-refractivity contribution in [1.82, 2.24) is 5.32 Å². The van der Waals surface area contributed by atoms with E-state index < -0.39 is 23.8 Å². The fourth-order valence-electron chi connectivity index (χ4n) is 1.98. The normalized spacial score (nSPS) is 12.5. The number of aliphatic hydroxyl groups is 1. The third-order valence-electron chi connectivity index (χ3n) is 3.27. The van der Waals surface area contributed by atoms with Gasteiger partial charge in [0.1, 0.15) is 5.75 Å². The van der Waals surface area contributed by atoms with Crippen LogP contribution in [0.4, 0.5) is 13.2 Å². The summed E-state index contributed by atoms with van der Waals surface area (Å²) >= 11 is 2.14. The van der Waals surface area contributed by atoms with Crippen LogP contribution in [0.5, 0.6) is 5.75 Å². The van der Waals surface area contributed by atoms with Gasteiger partial charge in [-0.05, 0) is 64.6 Å². The van der Waals surface area contributed by atoms with E-state index in [4.69, 9.17) is 4.74 Å². The van der Waals surface area contributed by atoms with Gasteiger partial charge in [-0.3, -0.25) is 4.79 Å². The Hall–Kier alpha value is -1.81. The maximum absolute atomic E-state index is 12.7. The van der Waals surface area contributed by atoms with Crippen LogP contribution in [0.2, 0.25) is 0 Å². The molecule has 1 atom stereocenters. The van der Waals surface area contributed by atoms with E-state index in [1.165, 1.54) is 12.1 Å². The predicted molar refractivity (Wildman–Crippen MR) is 94.1 cm³/mol. The van der Waals surface area contributed by atoms with Crippen molar-refractivity contribution >= 4 is 28.5 Å². The van der Waals surface area contributed by atoms with Crippen molar-refractivity contribution in [3.05, 3.63) is 63.2 Å². The molecule has 0 aliphatic carbocycles. The fraction of sp³-hybridized carbons (Fsp3) is 0.235. The standard InChI is InChI=1S/C17H15F3INO3/c18-17(19,20)12-3-1-2-11(8-12)15(23)9-22-16(24)10-25-14-6-4-13(21)5-7-14/h1-8,15,23H,9-10H2,(H,22,24). The number of hydrogen-bond donors (Lipinski definition) is 2. The van der Waals surface area contributed by atoms with Gasteiger partial charge in [0.25, 0.3) is 5.91 Å². The fourth-order valence-corrected chi connectivity index (χ4v) is 2.34. The number of benzene rings is 2. The summed E-state index contributed by atoms with van der Waals surface area (Å²) in [6.07, 6.45) is -5.73. The van der Waals surface area contributed by atoms with Crippen molar-refractivity contribution in [2.45, 2.75) is 12.3 Å². The van der Waals surface area contributed by atoms with Crippen molar-refractivity contribution in [2.24, 2.45) is 0 Å². The Balaban J connectivity index is 1.84. The number of halogens is 4. The molecular weight excluding hydrogens is 450 g/mol. The van der Waals surface area contributed by atoms with Crippen molar-refractivity contribution in [3.8, 4) is 5.75 Å². The number of nitrogens with one attached hydrogen (secondary N) is 1. The second-order valence-electron chi connectivity index (χ2n) is 5.19. The van der Waals surface area contributed by atoms with Gasteiger partial charge in [0, 0.05) is 10.1 Å². The third kappa shape index (κ3) is 6.20. The molecule has 0 fully saturated rings. The molecule has 0 aliphatic heterocycles. The van der Waals surface area contributed by atoms with Crippen LogP contribution in [0.15, 0.2) is 48.5 Å². The molecule has 25 heavy (non-hydrogen) atoms. The number of carbonyl (C=O) groups excluding carboxylic acids is 1. The second kappa shape index (κ2) is 8.52. The summed E-state index contributed by atoms with van der Waals surface area (Å²) < 4.78 is 44.3. The molecule has 2 aromatic carbocycles. The topological polar surface area (TPSA) is 58.6 Å². The molecule has 2 aromatic rings. The maximum atomic E-state index is 12.7. The quantitative estimate of drug-likeness (QED) is 0.642. The lowest BCUT2D eigenvalue weighted by Crippen LogP contribution is -2.32. The highest BCUT2D eigenvalue weighted by molar-refractivity contribution is 14.1. The highest BCUT2D eigenvalue weighted by Crippen LogP contribution is 2.30. The molecule has 4 nitrogen and oxygen atoms in total. The molecule has 0 saturated carbocycles. The van der Waals surface area contributed by atoms with E-state index in [2.05, 4.69) is 27.9 Å². The van der Waals surface area contributed by atoms with Gasteiger partial charge in [0.15, 0.2) is 6.61 Å². The van der Waals surface area contributed by atoms with E-state index in [9.17, 15) is 23.1 Å². The van der Waals surface area contributed by atoms with Gasteiger partial charge in [-0.1, -0.05) is 12.1 Å². The molecule has 0 aliphatic rings. The van der Waals surface area contributed by atoms with E-state index in [-0.39, 0.29) is 18.7 Å². The van der Waals surface area contributed by atoms with Gasteiger partial charge in [0.2, 0.25) is 0 Å². The smallest absolute Gasteiger partial charge is 0.416 e. The van der Waals surface area contributed by atoms with Crippen molar-refractivity contribution < 1.29 is 27.8 Å². The van der Waals surface area contributed by atoms with Crippen LogP contribution in [0, 0.1) is 3.57 Å². The first kappa shape index (κ1) is 19.5. The van der Waals surface area contributed by atoms with Crippen molar-refractivity contribution in [3.63, 3.8) is 0 Å². The molecule has 0 aromatic heterocycles. The van der Waals surface area contributed by atoms with Crippen LogP contribution < -0.4 is 10.1 Å². The van der Waals surface area contributed by atoms with Crippen LogP contribution in [0.25, 0.3) is 0 Å². The second-order valence-corrected chi connectivity index (χ2v) is 6.43. The monoisotopic (exact) mass is 465 g/mol. The summed E-state index contributed by atoms with van der Waals surface area (Å²) in [6, 6.07) is 11.4. The molecule has 0 radical (unpaired) electrons. The summed E-state index contributed by atoms with van der Waals surface area (Å²) in [6.45, 7) is -0.466. The number of carbonyl (C=O) groups is 1. The molecule has 0 spiro atoms. The molecular formula is C17H15F3INO3. The van der Waals surface area contributed by atoms with Gasteiger partial charge < -0.3 is 15.2 Å². The minimum absolute atomic E-state index is 0.0775. The Morgan fingerprint density at radius 3 is 2.52 bits per heavy atom. The minimum Gasteiger partial charge on any atom is -0.484 e. The lowest BCUT2D eigenvalue weighted by atomic mass is 10.1. The summed E-state index contributed by atoms with van der Waals surface area (Å²) in [4.78, 5) is 11.7. The Kier molecular flexibility index (Phi) is 6.65. The molecule has 2 rings (SSSR count). The van der Waals surface area contributed by atoms with E-state index in [0.29, 0.717) is 5.75 Å². The van der Waals surface area contributed by atoms with Crippen LogP contribution in [0.3, 0.4) is 0 Å². The first-order valence-corrected chi connectivity index (χ1v) is 8.34. The molecule has 0 heterocycles. The lowest BCUT2D eigenvalue weighted by molar-refractivity contribution is -0.137. The van der Waals surface area contributed by atoms with Crippen molar-refractivity contribution in [1.29, 1.82) is 0 Å². The van der Waals surface area contributed by atoms with E-state index >= 15 is 0 Å². The van der Waals surface area contributed by atoms with Gasteiger partial charge in [-0.25, -0.2) is 0 Å².